The number of hydrogen-bond acceptors (Lipinski definition) is 6. The second kappa shape index (κ2) is 7.99. The molecule has 0 saturated heterocycles. The molecule has 0 bridgehead atoms. The number of nitrogens with zero attached hydrogens (tertiary/aromatic N) is 3. The first-order valence-corrected chi connectivity index (χ1v) is 10.6. The summed E-state index contributed by atoms with van der Waals surface area (Å²) in [5, 5.41) is 10.6. The zero-order valence-corrected chi connectivity index (χ0v) is 18.5. The van der Waals surface area contributed by atoms with Crippen molar-refractivity contribution in [3.05, 3.63) is 65.2 Å². The van der Waals surface area contributed by atoms with Crippen LogP contribution in [0.1, 0.15) is 52.9 Å². The van der Waals surface area contributed by atoms with Crippen LogP contribution in [0.4, 0.5) is 5.13 Å². The molecule has 8 nitrogen and oxygen atoms in total. The Morgan fingerprint density at radius 2 is 1.87 bits per heavy atom. The van der Waals surface area contributed by atoms with Crippen LogP contribution in [0, 0.1) is 6.92 Å². The van der Waals surface area contributed by atoms with Crippen LogP contribution in [-0.4, -0.2) is 26.6 Å². The second-order valence-electron chi connectivity index (χ2n) is 8.19. The quantitative estimate of drug-likeness (QED) is 0.484. The predicted octanol–water partition coefficient (Wildman–Crippen LogP) is 4.33. The molecule has 0 atom stereocenters. The lowest BCUT2D eigenvalue weighted by Gasteiger charge is -2.19. The molecule has 9 heteroatoms. The summed E-state index contributed by atoms with van der Waals surface area (Å²) in [5.74, 6) is 0.0650. The third-order valence-corrected chi connectivity index (χ3v) is 5.58. The van der Waals surface area contributed by atoms with E-state index in [0.717, 1.165) is 5.56 Å². The van der Waals surface area contributed by atoms with Crippen molar-refractivity contribution in [2.24, 2.45) is 0 Å². The number of hydrogen-bond donors (Lipinski definition) is 2. The highest BCUT2D eigenvalue weighted by Gasteiger charge is 2.27. The molecule has 3 aromatic heterocycles. The average Bonchev–Trinajstić information content (AvgIpc) is 3.42. The van der Waals surface area contributed by atoms with Crippen molar-refractivity contribution in [1.82, 2.24) is 20.1 Å². The van der Waals surface area contributed by atoms with Crippen molar-refractivity contribution in [3.8, 4) is 0 Å². The van der Waals surface area contributed by atoms with Crippen LogP contribution < -0.4 is 10.6 Å². The van der Waals surface area contributed by atoms with E-state index in [1.54, 1.807) is 35.2 Å². The van der Waals surface area contributed by atoms with Gasteiger partial charge < -0.3 is 9.73 Å². The van der Waals surface area contributed by atoms with Gasteiger partial charge in [0.1, 0.15) is 10.5 Å². The Balaban J connectivity index is 1.64. The molecule has 0 aliphatic carbocycles. The van der Waals surface area contributed by atoms with Crippen molar-refractivity contribution in [2.75, 3.05) is 5.32 Å². The number of anilines is 1. The molecule has 0 aliphatic heterocycles. The van der Waals surface area contributed by atoms with Gasteiger partial charge in [0.15, 0.2) is 16.5 Å². The summed E-state index contributed by atoms with van der Waals surface area (Å²) < 4.78 is 7.59. The zero-order valence-electron chi connectivity index (χ0n) is 17.7. The molecule has 2 amide bonds. The molecular formula is C22H23N5O3S. The molecule has 3 heterocycles. The first kappa shape index (κ1) is 20.8. The fraction of sp³-hybridized carbons (Fsp3) is 0.273. The molecular weight excluding hydrogens is 414 g/mol. The van der Waals surface area contributed by atoms with Gasteiger partial charge in [0.25, 0.3) is 11.8 Å². The largest absolute Gasteiger partial charge is 0.467 e. The zero-order chi connectivity index (χ0) is 22.2. The van der Waals surface area contributed by atoms with Gasteiger partial charge in [0.05, 0.1) is 18.3 Å². The highest BCUT2D eigenvalue weighted by Crippen LogP contribution is 2.32. The topological polar surface area (TPSA) is 102 Å². The number of furan rings is 1. The Labute approximate surface area is 183 Å². The van der Waals surface area contributed by atoms with E-state index in [1.807, 2.05) is 39.8 Å². The minimum absolute atomic E-state index is 0.254. The number of aryl methyl sites for hydroxylation is 1. The number of rotatable bonds is 5. The molecule has 0 aliphatic rings. The molecule has 2 N–H and O–H groups in total. The molecule has 0 radical (unpaired) electrons. The number of fused-ring (bicyclic) bond motifs is 1. The lowest BCUT2D eigenvalue weighted by molar-refractivity contribution is 0.0942. The van der Waals surface area contributed by atoms with Crippen LogP contribution >= 0.6 is 11.3 Å². The van der Waals surface area contributed by atoms with Gasteiger partial charge in [-0.05, 0) is 52.0 Å². The summed E-state index contributed by atoms with van der Waals surface area (Å²) in [6.45, 7) is 8.16. The maximum atomic E-state index is 12.8. The summed E-state index contributed by atoms with van der Waals surface area (Å²) >= 11 is 1.23. The van der Waals surface area contributed by atoms with Gasteiger partial charge in [-0.25, -0.2) is 4.68 Å². The first-order valence-electron chi connectivity index (χ1n) is 9.81. The number of carbonyl (C=O) groups excluding carboxylic acids is 2. The summed E-state index contributed by atoms with van der Waals surface area (Å²) in [6.07, 6.45) is 1.56. The molecule has 0 spiro atoms. The fourth-order valence-corrected chi connectivity index (χ4v) is 3.93. The Morgan fingerprint density at radius 1 is 1.13 bits per heavy atom. The SMILES string of the molecule is Cc1ccc(C(=O)Nc2nc3c(s2)c(C(=O)NCc2ccco2)nn3C(C)(C)C)cc1. The maximum absolute atomic E-state index is 12.8. The number of aromatic nitrogens is 3. The van der Waals surface area contributed by atoms with Gasteiger partial charge in [0.2, 0.25) is 0 Å². The van der Waals surface area contributed by atoms with Gasteiger partial charge in [-0.1, -0.05) is 29.0 Å². The average molecular weight is 438 g/mol. The molecule has 4 aromatic rings. The van der Waals surface area contributed by atoms with E-state index < -0.39 is 5.54 Å². The number of amides is 2. The van der Waals surface area contributed by atoms with Crippen LogP contribution in [-0.2, 0) is 12.1 Å². The normalized spacial score (nSPS) is 11.6. The minimum Gasteiger partial charge on any atom is -0.467 e. The molecule has 0 fully saturated rings. The van der Waals surface area contributed by atoms with E-state index in [4.69, 9.17) is 4.42 Å². The summed E-state index contributed by atoms with van der Waals surface area (Å²) in [4.78, 5) is 30.0. The fourth-order valence-electron chi connectivity index (χ4n) is 3.01. The lowest BCUT2D eigenvalue weighted by Crippen LogP contribution is -2.26. The maximum Gasteiger partial charge on any atom is 0.273 e. The van der Waals surface area contributed by atoms with E-state index in [1.165, 1.54) is 11.3 Å². The third kappa shape index (κ3) is 4.36. The summed E-state index contributed by atoms with van der Waals surface area (Å²) in [7, 11) is 0. The van der Waals surface area contributed by atoms with Gasteiger partial charge in [-0.2, -0.15) is 10.1 Å². The Hall–Kier alpha value is -3.46. The van der Waals surface area contributed by atoms with Crippen LogP contribution in [0.2, 0.25) is 0 Å². The molecule has 0 unspecified atom stereocenters. The second-order valence-corrected chi connectivity index (χ2v) is 9.18. The smallest absolute Gasteiger partial charge is 0.273 e. The van der Waals surface area contributed by atoms with Crippen LogP contribution in [0.3, 0.4) is 0 Å². The van der Waals surface area contributed by atoms with Gasteiger partial charge in [0, 0.05) is 5.56 Å². The predicted molar refractivity (Wildman–Crippen MR) is 119 cm³/mol. The number of carbonyl (C=O) groups is 2. The Bertz CT molecular complexity index is 1230. The lowest BCUT2D eigenvalue weighted by atomic mass is 10.1. The summed E-state index contributed by atoms with van der Waals surface area (Å²) in [6, 6.07) is 10.8. The van der Waals surface area contributed by atoms with E-state index >= 15 is 0 Å². The van der Waals surface area contributed by atoms with Crippen LogP contribution in [0.15, 0.2) is 47.1 Å². The van der Waals surface area contributed by atoms with E-state index in [2.05, 4.69) is 20.7 Å². The van der Waals surface area contributed by atoms with E-state index in [9.17, 15) is 9.59 Å². The van der Waals surface area contributed by atoms with Crippen molar-refractivity contribution < 1.29 is 14.0 Å². The molecule has 160 valence electrons. The van der Waals surface area contributed by atoms with Crippen molar-refractivity contribution in [1.29, 1.82) is 0 Å². The summed E-state index contributed by atoms with van der Waals surface area (Å²) in [5.41, 5.74) is 2.04. The van der Waals surface area contributed by atoms with E-state index in [-0.39, 0.29) is 24.1 Å². The standard InChI is InChI=1S/C22H23N5O3S/c1-13-7-9-14(10-8-13)19(28)25-21-24-18-17(31-21)16(26-27(18)22(2,3)4)20(29)23-12-15-6-5-11-30-15/h5-11H,12H2,1-4H3,(H,23,29)(H,24,25,28). The van der Waals surface area contributed by atoms with Gasteiger partial charge in [-0.15, -0.1) is 0 Å². The third-order valence-electron chi connectivity index (χ3n) is 4.61. The minimum atomic E-state index is -0.399. The van der Waals surface area contributed by atoms with Gasteiger partial charge >= 0.3 is 0 Å². The van der Waals surface area contributed by atoms with Crippen molar-refractivity contribution in [2.45, 2.75) is 39.8 Å². The number of benzene rings is 1. The van der Waals surface area contributed by atoms with E-state index in [0.29, 0.717) is 26.8 Å². The Kier molecular flexibility index (Phi) is 5.36. The molecule has 31 heavy (non-hydrogen) atoms. The van der Waals surface area contributed by atoms with Gasteiger partial charge in [-0.3, -0.25) is 14.9 Å². The highest BCUT2D eigenvalue weighted by molar-refractivity contribution is 7.22. The van der Waals surface area contributed by atoms with Crippen molar-refractivity contribution in [3.63, 3.8) is 0 Å². The number of thiazole rings is 1. The van der Waals surface area contributed by atoms with Crippen molar-refractivity contribution >= 4 is 38.6 Å². The Morgan fingerprint density at radius 3 is 2.52 bits per heavy atom. The first-order chi connectivity index (χ1) is 14.7. The molecule has 1 aromatic carbocycles. The number of nitrogens with one attached hydrogen (secondary N) is 2. The monoisotopic (exact) mass is 437 g/mol. The molecule has 4 rings (SSSR count). The molecule has 0 saturated carbocycles. The van der Waals surface area contributed by atoms with Crippen LogP contribution in [0.25, 0.3) is 10.3 Å². The van der Waals surface area contributed by atoms with Crippen LogP contribution in [0.5, 0.6) is 0 Å². The highest BCUT2D eigenvalue weighted by atomic mass is 32.1.